The van der Waals surface area contributed by atoms with Gasteiger partial charge >= 0.3 is 0 Å². The Morgan fingerprint density at radius 2 is 1.15 bits per heavy atom. The largest absolute Gasteiger partial charge is 0.395 e. The number of nitrogen functional groups attached to an aromatic ring is 1. The van der Waals surface area contributed by atoms with Crippen molar-refractivity contribution in [2.24, 2.45) is 0 Å². The first kappa shape index (κ1) is 35.7. The van der Waals surface area contributed by atoms with Crippen molar-refractivity contribution in [1.82, 2.24) is 39.9 Å². The highest BCUT2D eigenvalue weighted by Gasteiger charge is 2.16. The number of nitrogens with zero attached hydrogens (tertiary/aromatic N) is 8. The molecular formula is C30H33Cl2N11O2S. The highest BCUT2D eigenvalue weighted by molar-refractivity contribution is 7.89. The van der Waals surface area contributed by atoms with E-state index in [0.717, 1.165) is 16.6 Å². The molecule has 0 aliphatic heterocycles. The predicted octanol–water partition coefficient (Wildman–Crippen LogP) is 6.65. The maximum atomic E-state index is 11.8. The minimum absolute atomic E-state index is 0. The van der Waals surface area contributed by atoms with E-state index in [4.69, 9.17) is 28.9 Å². The second kappa shape index (κ2) is 15.0. The zero-order chi connectivity index (χ0) is 31.4. The Morgan fingerprint density at radius 3 is 1.70 bits per heavy atom. The van der Waals surface area contributed by atoms with E-state index in [2.05, 4.69) is 50.5 Å². The first-order valence-electron chi connectivity index (χ1n) is 12.9. The third-order valence-electron chi connectivity index (χ3n) is 6.22. The molecule has 4 heterocycles. The number of halogens is 2. The van der Waals surface area contributed by atoms with Gasteiger partial charge in [0.15, 0.2) is 9.84 Å². The zero-order valence-electron chi connectivity index (χ0n) is 23.6. The average Bonchev–Trinajstić information content (AvgIpc) is 2.99. The summed E-state index contributed by atoms with van der Waals surface area (Å²) in [6, 6.07) is 7.21. The van der Waals surface area contributed by atoms with Crippen molar-refractivity contribution in [2.75, 3.05) is 22.6 Å². The molecule has 0 atom stereocenters. The van der Waals surface area contributed by atoms with E-state index < -0.39 is 9.84 Å². The summed E-state index contributed by atoms with van der Waals surface area (Å²) >= 11 is 11.6. The molecule has 6 aromatic rings. The molecule has 13 nitrogen and oxygen atoms in total. The Bertz CT molecular complexity index is 2120. The maximum Gasteiger partial charge on any atom is 0.224 e. The number of aryl methyl sites for hydroxylation is 2. The van der Waals surface area contributed by atoms with E-state index >= 15 is 0 Å². The van der Waals surface area contributed by atoms with Gasteiger partial charge in [-0.25, -0.2) is 28.4 Å². The topological polar surface area (TPSA) is 187 Å². The third kappa shape index (κ3) is 8.47. The van der Waals surface area contributed by atoms with Crippen LogP contribution >= 0.6 is 23.2 Å². The van der Waals surface area contributed by atoms with Crippen molar-refractivity contribution in [1.29, 1.82) is 0 Å². The van der Waals surface area contributed by atoms with Gasteiger partial charge in [0.05, 0.1) is 33.7 Å². The highest BCUT2D eigenvalue weighted by atomic mass is 35.5. The van der Waals surface area contributed by atoms with Crippen molar-refractivity contribution in [3.05, 3.63) is 88.7 Å². The predicted molar refractivity (Wildman–Crippen MR) is 186 cm³/mol. The minimum atomic E-state index is -3.27. The van der Waals surface area contributed by atoms with E-state index in [1.807, 2.05) is 26.0 Å². The number of nitrogens with two attached hydrogens (primary N) is 1. The molecule has 0 aliphatic rings. The van der Waals surface area contributed by atoms with Gasteiger partial charge in [0.1, 0.15) is 17.2 Å². The lowest BCUT2D eigenvalue weighted by Gasteiger charge is -2.14. The lowest BCUT2D eigenvalue weighted by molar-refractivity contribution is 0.601. The van der Waals surface area contributed by atoms with E-state index in [0.29, 0.717) is 50.8 Å². The molecule has 0 aliphatic carbocycles. The summed E-state index contributed by atoms with van der Waals surface area (Å²) in [5.41, 5.74) is 12.7. The lowest BCUT2D eigenvalue weighted by Crippen LogP contribution is -2.07. The van der Waals surface area contributed by atoms with Crippen LogP contribution in [0.1, 0.15) is 31.5 Å². The number of nitrogens with one attached hydrogen (secondary N) is 2. The zero-order valence-corrected chi connectivity index (χ0v) is 25.9. The number of hydrogen-bond donors (Lipinski definition) is 3. The minimum Gasteiger partial charge on any atom is -0.395 e. The van der Waals surface area contributed by atoms with Gasteiger partial charge in [0.2, 0.25) is 10.6 Å². The smallest absolute Gasteiger partial charge is 0.224 e. The van der Waals surface area contributed by atoms with Crippen molar-refractivity contribution in [3.63, 3.8) is 0 Å². The number of aromatic nitrogens is 8. The molecule has 240 valence electrons. The van der Waals surface area contributed by atoms with Gasteiger partial charge in [0, 0.05) is 65.8 Å². The van der Waals surface area contributed by atoms with Crippen LogP contribution in [0.15, 0.2) is 61.4 Å². The summed E-state index contributed by atoms with van der Waals surface area (Å²) in [5.74, 6) is 0.955. The van der Waals surface area contributed by atoms with Gasteiger partial charge in [0.25, 0.3) is 0 Å². The van der Waals surface area contributed by atoms with E-state index in [1.165, 1.54) is 12.5 Å². The lowest BCUT2D eigenvalue weighted by atomic mass is 10.1. The van der Waals surface area contributed by atoms with Gasteiger partial charge in [-0.05, 0) is 61.3 Å². The van der Waals surface area contributed by atoms with Gasteiger partial charge in [-0.1, -0.05) is 14.9 Å². The Morgan fingerprint density at radius 1 is 0.696 bits per heavy atom. The molecule has 0 spiro atoms. The van der Waals surface area contributed by atoms with Crippen molar-refractivity contribution >= 4 is 83.8 Å². The Balaban J connectivity index is 0.000000243. The molecule has 4 aromatic heterocycles. The van der Waals surface area contributed by atoms with Gasteiger partial charge in [-0.2, -0.15) is 0 Å². The van der Waals surface area contributed by atoms with Crippen molar-refractivity contribution in [2.45, 2.75) is 34.5 Å². The maximum absolute atomic E-state index is 11.8. The van der Waals surface area contributed by atoms with Crippen LogP contribution in [0.3, 0.4) is 0 Å². The van der Waals surface area contributed by atoms with Crippen LogP contribution in [-0.4, -0.2) is 54.5 Å². The fraction of sp³-hybridized carbons (Fsp3) is 0.200. The molecule has 4 N–H and O–H groups in total. The summed E-state index contributed by atoms with van der Waals surface area (Å²) in [6.45, 7) is 3.71. The molecule has 0 bridgehead atoms. The molecule has 0 unspecified atom stereocenters. The molecular weight excluding hydrogens is 649 g/mol. The molecule has 0 fully saturated rings. The van der Waals surface area contributed by atoms with Crippen LogP contribution in [-0.2, 0) is 15.6 Å². The van der Waals surface area contributed by atoms with Crippen LogP contribution in [0, 0.1) is 13.8 Å². The molecule has 2 aromatic carbocycles. The van der Waals surface area contributed by atoms with Crippen LogP contribution in [0.25, 0.3) is 22.1 Å². The number of benzene rings is 2. The van der Waals surface area contributed by atoms with Gasteiger partial charge < -0.3 is 16.4 Å². The fourth-order valence-corrected chi connectivity index (χ4v) is 5.22. The molecule has 0 radical (unpaired) electrons. The molecule has 0 saturated carbocycles. The summed E-state index contributed by atoms with van der Waals surface area (Å²) in [4.78, 5) is 33.1. The van der Waals surface area contributed by atoms with Crippen LogP contribution in [0.4, 0.5) is 28.7 Å². The van der Waals surface area contributed by atoms with E-state index in [-0.39, 0.29) is 31.2 Å². The van der Waals surface area contributed by atoms with E-state index in [9.17, 15) is 8.42 Å². The molecule has 16 heteroatoms. The molecule has 46 heavy (non-hydrogen) atoms. The third-order valence-corrected chi connectivity index (χ3v) is 7.40. The molecule has 6 rings (SSSR count). The summed E-state index contributed by atoms with van der Waals surface area (Å²) < 4.78 is 23.7. The first-order valence-corrected chi connectivity index (χ1v) is 15.7. The normalized spacial score (nSPS) is 10.7. The summed E-state index contributed by atoms with van der Waals surface area (Å²) in [7, 11) is -3.27. The average molecular weight is 683 g/mol. The molecule has 0 amide bonds. The second-order valence-corrected chi connectivity index (χ2v) is 12.4. The van der Waals surface area contributed by atoms with Gasteiger partial charge in [-0.3, -0.25) is 19.9 Å². The Labute approximate surface area is 277 Å². The van der Waals surface area contributed by atoms with Crippen LogP contribution in [0.2, 0.25) is 10.6 Å². The number of hydrogen-bond acceptors (Lipinski definition) is 13. The van der Waals surface area contributed by atoms with E-state index in [1.54, 1.807) is 43.1 Å². The number of sulfone groups is 1. The monoisotopic (exact) mass is 681 g/mol. The summed E-state index contributed by atoms with van der Waals surface area (Å²) in [6.07, 6.45) is 10.7. The van der Waals surface area contributed by atoms with Crippen molar-refractivity contribution in [3.8, 4) is 0 Å². The number of rotatable bonds is 6. The van der Waals surface area contributed by atoms with Gasteiger partial charge in [-0.15, -0.1) is 0 Å². The fourth-order valence-electron chi connectivity index (χ4n) is 4.14. The van der Waals surface area contributed by atoms with Crippen LogP contribution in [0.5, 0.6) is 0 Å². The quantitative estimate of drug-likeness (QED) is 0.125. The number of fused-ring (bicyclic) bond motifs is 2. The molecule has 0 saturated heterocycles. The standard InChI is InChI=1S/C15H14ClN5O2S.C13H11ClN6.2CH4/c1-9-7-19-15(16)21-14(9)20-11-3-4-12-13(18-6-5-17-12)10(11)8-24(2,22)23;1-7-6-18-13(14)20-12(7)19-8-2-3-9-11(10(8)15)17-5-4-16-9;;/h3-7H,8H2,1-2H3,(H,19,20,21);2-6H,15H2,1H3,(H,18,19,20);2*1H4. The SMILES string of the molecule is C.C.Cc1cnc(Cl)nc1Nc1ccc2nccnc2c1CS(C)(=O)=O.Cc1cnc(Cl)nc1Nc1ccc2nccnc2c1N. The van der Waals surface area contributed by atoms with Crippen molar-refractivity contribution < 1.29 is 8.42 Å². The Hall–Kier alpha value is -4.79. The Kier molecular flexibility index (Phi) is 11.6. The summed E-state index contributed by atoms with van der Waals surface area (Å²) in [5, 5.41) is 6.56. The second-order valence-electron chi connectivity index (χ2n) is 9.63. The van der Waals surface area contributed by atoms with Crippen LogP contribution < -0.4 is 16.4 Å². The first-order chi connectivity index (χ1) is 21.0. The number of anilines is 5. The highest BCUT2D eigenvalue weighted by Crippen LogP contribution is 2.30.